The maximum Gasteiger partial charge on any atom is 0.196 e. The predicted molar refractivity (Wildman–Crippen MR) is 75.8 cm³/mol. The van der Waals surface area contributed by atoms with Gasteiger partial charge in [-0.25, -0.2) is 0 Å². The summed E-state index contributed by atoms with van der Waals surface area (Å²) in [5.41, 5.74) is 7.48. The molecule has 18 heavy (non-hydrogen) atoms. The summed E-state index contributed by atoms with van der Waals surface area (Å²) in [5.74, 6) is 1.52. The average Bonchev–Trinajstić information content (AvgIpc) is 2.96. The third-order valence-corrected chi connectivity index (χ3v) is 4.52. The van der Waals surface area contributed by atoms with Gasteiger partial charge in [0.15, 0.2) is 5.96 Å². The number of anilines is 1. The molecule has 0 bridgehead atoms. The fourth-order valence-electron chi connectivity index (χ4n) is 3.51. The van der Waals surface area contributed by atoms with Crippen molar-refractivity contribution in [2.45, 2.75) is 38.1 Å². The highest BCUT2D eigenvalue weighted by molar-refractivity contribution is 5.98. The zero-order valence-electron chi connectivity index (χ0n) is 11.0. The number of para-hydroxylation sites is 1. The molecule has 1 aromatic rings. The van der Waals surface area contributed by atoms with E-state index in [4.69, 9.17) is 5.73 Å². The maximum atomic E-state index is 6.13. The number of rotatable bonds is 2. The molecule has 2 aliphatic rings. The van der Waals surface area contributed by atoms with E-state index in [1.165, 1.54) is 31.4 Å². The third-order valence-electron chi connectivity index (χ3n) is 4.52. The van der Waals surface area contributed by atoms with Gasteiger partial charge in [-0.1, -0.05) is 31.5 Å². The summed E-state index contributed by atoms with van der Waals surface area (Å²) >= 11 is 0. The monoisotopic (exact) mass is 243 g/mol. The first-order chi connectivity index (χ1) is 8.75. The second kappa shape index (κ2) is 4.30. The van der Waals surface area contributed by atoms with Gasteiger partial charge in [0.2, 0.25) is 0 Å². The van der Waals surface area contributed by atoms with Crippen molar-refractivity contribution in [2.75, 3.05) is 11.4 Å². The Hall–Kier alpha value is -1.51. The lowest BCUT2D eigenvalue weighted by Crippen LogP contribution is -2.50. The van der Waals surface area contributed by atoms with Gasteiger partial charge in [-0.2, -0.15) is 0 Å². The Morgan fingerprint density at radius 2 is 2.17 bits per heavy atom. The number of hydrogen-bond acceptors (Lipinski definition) is 3. The van der Waals surface area contributed by atoms with Gasteiger partial charge in [-0.05, 0) is 37.3 Å². The van der Waals surface area contributed by atoms with Crippen molar-refractivity contribution in [3.05, 3.63) is 30.3 Å². The minimum atomic E-state index is 0.159. The molecule has 0 aromatic heterocycles. The zero-order valence-corrected chi connectivity index (χ0v) is 11.0. The minimum absolute atomic E-state index is 0.159. The molecule has 2 atom stereocenters. The van der Waals surface area contributed by atoms with E-state index in [-0.39, 0.29) is 5.54 Å². The Morgan fingerprint density at radius 1 is 1.39 bits per heavy atom. The maximum absolute atomic E-state index is 6.13. The predicted octanol–water partition coefficient (Wildman–Crippen LogP) is 2.77. The fraction of sp³-hybridized carbons (Fsp3) is 0.533. The minimum Gasteiger partial charge on any atom is -0.369 e. The lowest BCUT2D eigenvalue weighted by molar-refractivity contribution is 0.435. The Labute approximate surface area is 109 Å². The molecule has 3 rings (SSSR count). The van der Waals surface area contributed by atoms with Crippen LogP contribution >= 0.6 is 0 Å². The van der Waals surface area contributed by atoms with Crippen LogP contribution in [0.15, 0.2) is 35.3 Å². The van der Waals surface area contributed by atoms with Gasteiger partial charge in [0.1, 0.15) is 0 Å². The van der Waals surface area contributed by atoms with Crippen molar-refractivity contribution < 1.29 is 0 Å². The molecule has 3 heteroatoms. The molecule has 96 valence electrons. The summed E-state index contributed by atoms with van der Waals surface area (Å²) in [4.78, 5) is 6.80. The van der Waals surface area contributed by atoms with Crippen LogP contribution in [-0.2, 0) is 0 Å². The number of hydrogen-bond donors (Lipinski definition) is 1. The molecule has 2 N–H and O–H groups in total. The quantitative estimate of drug-likeness (QED) is 0.867. The Morgan fingerprint density at radius 3 is 2.83 bits per heavy atom. The molecule has 0 amide bonds. The van der Waals surface area contributed by atoms with Crippen LogP contribution in [0.25, 0.3) is 0 Å². The summed E-state index contributed by atoms with van der Waals surface area (Å²) < 4.78 is 0. The number of aliphatic imine (C=N–C) groups is 1. The van der Waals surface area contributed by atoms with Crippen LogP contribution < -0.4 is 10.6 Å². The number of nitrogens with zero attached hydrogens (tertiary/aromatic N) is 2. The standard InChI is InChI=1S/C15H21N3/c1-2-12-8-9-15(10-12)11-17-14(16)18(15)13-6-4-3-5-7-13/h3-7,12H,2,8-11H2,1H3,(H2,16,17). The van der Waals surface area contributed by atoms with Gasteiger partial charge in [0.25, 0.3) is 0 Å². The molecule has 1 heterocycles. The van der Waals surface area contributed by atoms with Crippen LogP contribution in [-0.4, -0.2) is 18.0 Å². The molecular weight excluding hydrogens is 222 g/mol. The highest BCUT2D eigenvalue weighted by Crippen LogP contribution is 2.44. The molecule has 1 aliphatic heterocycles. The first kappa shape index (κ1) is 11.6. The van der Waals surface area contributed by atoms with Gasteiger partial charge in [0, 0.05) is 5.69 Å². The lowest BCUT2D eigenvalue weighted by atomic mass is 9.93. The third kappa shape index (κ3) is 1.69. The largest absolute Gasteiger partial charge is 0.369 e. The summed E-state index contributed by atoms with van der Waals surface area (Å²) in [5, 5.41) is 0. The Bertz CT molecular complexity index is 454. The molecule has 2 unspecified atom stereocenters. The van der Waals surface area contributed by atoms with Crippen LogP contribution in [0.3, 0.4) is 0 Å². The lowest BCUT2D eigenvalue weighted by Gasteiger charge is -2.36. The van der Waals surface area contributed by atoms with E-state index >= 15 is 0 Å². The average molecular weight is 243 g/mol. The van der Waals surface area contributed by atoms with Crippen molar-refractivity contribution in [2.24, 2.45) is 16.6 Å². The van der Waals surface area contributed by atoms with E-state index in [0.717, 1.165) is 12.5 Å². The van der Waals surface area contributed by atoms with Crippen molar-refractivity contribution >= 4 is 11.6 Å². The molecule has 0 saturated heterocycles. The molecule has 1 aromatic carbocycles. The Balaban J connectivity index is 1.93. The van der Waals surface area contributed by atoms with Gasteiger partial charge < -0.3 is 10.6 Å². The second-order valence-corrected chi connectivity index (χ2v) is 5.59. The fourth-order valence-corrected chi connectivity index (χ4v) is 3.51. The van der Waals surface area contributed by atoms with Gasteiger partial charge in [-0.3, -0.25) is 4.99 Å². The van der Waals surface area contributed by atoms with Crippen LogP contribution in [0, 0.1) is 5.92 Å². The molecule has 1 spiro atoms. The number of benzene rings is 1. The first-order valence-corrected chi connectivity index (χ1v) is 6.90. The summed E-state index contributed by atoms with van der Waals surface area (Å²) in [7, 11) is 0. The number of nitrogens with two attached hydrogens (primary N) is 1. The molecule has 3 nitrogen and oxygen atoms in total. The Kier molecular flexibility index (Phi) is 2.77. The molecule has 0 radical (unpaired) electrons. The van der Waals surface area contributed by atoms with E-state index in [1.807, 2.05) is 6.07 Å². The first-order valence-electron chi connectivity index (χ1n) is 6.90. The molecule has 1 fully saturated rings. The summed E-state index contributed by atoms with van der Waals surface area (Å²) in [6.45, 7) is 3.15. The van der Waals surface area contributed by atoms with Gasteiger partial charge in [0.05, 0.1) is 12.1 Å². The smallest absolute Gasteiger partial charge is 0.196 e. The second-order valence-electron chi connectivity index (χ2n) is 5.59. The normalized spacial score (nSPS) is 31.1. The highest BCUT2D eigenvalue weighted by atomic mass is 15.4. The molecule has 1 saturated carbocycles. The van der Waals surface area contributed by atoms with Crippen LogP contribution in [0.1, 0.15) is 32.6 Å². The van der Waals surface area contributed by atoms with E-state index in [2.05, 4.69) is 41.1 Å². The van der Waals surface area contributed by atoms with Gasteiger partial charge >= 0.3 is 0 Å². The SMILES string of the molecule is CCC1CCC2(CN=C(N)N2c2ccccc2)C1. The van der Waals surface area contributed by atoms with E-state index < -0.39 is 0 Å². The number of guanidine groups is 1. The van der Waals surface area contributed by atoms with Crippen molar-refractivity contribution in [3.8, 4) is 0 Å². The summed E-state index contributed by atoms with van der Waals surface area (Å²) in [6.07, 6.45) is 5.01. The topological polar surface area (TPSA) is 41.6 Å². The molecular formula is C15H21N3. The summed E-state index contributed by atoms with van der Waals surface area (Å²) in [6, 6.07) is 10.5. The van der Waals surface area contributed by atoms with Crippen molar-refractivity contribution in [3.63, 3.8) is 0 Å². The highest BCUT2D eigenvalue weighted by Gasteiger charge is 2.47. The zero-order chi connectivity index (χ0) is 12.6. The molecule has 1 aliphatic carbocycles. The van der Waals surface area contributed by atoms with E-state index in [0.29, 0.717) is 5.96 Å². The van der Waals surface area contributed by atoms with E-state index in [1.54, 1.807) is 0 Å². The van der Waals surface area contributed by atoms with Crippen LogP contribution in [0.5, 0.6) is 0 Å². The van der Waals surface area contributed by atoms with Crippen LogP contribution in [0.2, 0.25) is 0 Å². The van der Waals surface area contributed by atoms with Crippen molar-refractivity contribution in [1.82, 2.24) is 0 Å². The van der Waals surface area contributed by atoms with Crippen molar-refractivity contribution in [1.29, 1.82) is 0 Å². The van der Waals surface area contributed by atoms with Gasteiger partial charge in [-0.15, -0.1) is 0 Å². The van der Waals surface area contributed by atoms with E-state index in [9.17, 15) is 0 Å². The van der Waals surface area contributed by atoms with Crippen LogP contribution in [0.4, 0.5) is 5.69 Å².